The predicted molar refractivity (Wildman–Crippen MR) is 60.5 cm³/mol. The first-order chi connectivity index (χ1) is 10.3. The molecule has 14 heteroatoms. The highest BCUT2D eigenvalue weighted by molar-refractivity contribution is 7.52. The number of hydrogen-bond donors (Lipinski definition) is 2. The normalized spacial score (nSPS) is 17.4. The van der Waals surface area contributed by atoms with Gasteiger partial charge >= 0.3 is 7.82 Å². The molecule has 0 radical (unpaired) electrons. The van der Waals surface area contributed by atoms with Gasteiger partial charge in [0.2, 0.25) is 5.85 Å². The summed E-state index contributed by atoms with van der Waals surface area (Å²) in [6.07, 6.45) is 0. The molecule has 0 aliphatic rings. The van der Waals surface area contributed by atoms with Crippen LogP contribution in [0.4, 0.5) is 0 Å². The topological polar surface area (TPSA) is 219 Å². The molecule has 23 heavy (non-hydrogen) atoms. The maximum absolute atomic E-state index is 10.9. The molecule has 128 valence electrons. The van der Waals surface area contributed by atoms with Crippen molar-refractivity contribution in [1.29, 1.82) is 0 Å². The second-order valence-corrected chi connectivity index (χ2v) is 6.61. The van der Waals surface area contributed by atoms with Crippen LogP contribution in [0.25, 0.3) is 0 Å². The lowest BCUT2D eigenvalue weighted by atomic mass is 10.2. The van der Waals surface area contributed by atoms with E-state index in [0.29, 0.717) is 18.2 Å². The molecule has 2 N–H and O–H groups in total. The average molecular weight is 368 g/mol. The number of carboxylic acids is 2. The van der Waals surface area contributed by atoms with Gasteiger partial charge in [-0.2, -0.15) is 0 Å². The number of carbonyl (C=O) groups is 2. The Bertz CT molecular complexity index is 715. The van der Waals surface area contributed by atoms with E-state index in [2.05, 4.69) is 9.26 Å². The summed E-state index contributed by atoms with van der Waals surface area (Å²) in [5, 5.41) is 21.4. The predicted octanol–water partition coefficient (Wildman–Crippen LogP) is -4.11. The van der Waals surface area contributed by atoms with Gasteiger partial charge in [-0.15, -0.1) is 0 Å². The monoisotopic (exact) mass is 368 g/mol. The number of aromatic carboxylic acids is 1. The molecule has 1 aromatic carbocycles. The van der Waals surface area contributed by atoms with Crippen LogP contribution in [0, 0.1) is 0 Å². The van der Waals surface area contributed by atoms with Crippen molar-refractivity contribution in [3.8, 4) is 11.5 Å². The Morgan fingerprint density at radius 1 is 1.04 bits per heavy atom. The Kier molecular flexibility index (Phi) is 5.54. The van der Waals surface area contributed by atoms with Crippen molar-refractivity contribution in [3.05, 3.63) is 23.8 Å². The van der Waals surface area contributed by atoms with Gasteiger partial charge in [0.15, 0.2) is 7.60 Å². The van der Waals surface area contributed by atoms with Crippen LogP contribution in [-0.4, -0.2) is 27.6 Å². The van der Waals surface area contributed by atoms with E-state index in [1.165, 1.54) is 0 Å². The third-order valence-electron chi connectivity index (χ3n) is 2.08. The zero-order chi connectivity index (χ0) is 18.0. The smallest absolute Gasteiger partial charge is 0.317 e. The maximum atomic E-state index is 10.9. The number of carbonyl (C=O) groups excluding carboxylic acids is 2. The van der Waals surface area contributed by atoms with E-state index in [4.69, 9.17) is 9.79 Å². The van der Waals surface area contributed by atoms with Crippen LogP contribution in [0.1, 0.15) is 10.4 Å². The van der Waals surface area contributed by atoms with Crippen molar-refractivity contribution in [2.45, 2.75) is 5.85 Å². The molecule has 0 amide bonds. The number of phosphoric acid groups is 1. The lowest BCUT2D eigenvalue weighted by Crippen LogP contribution is -2.41. The second kappa shape index (κ2) is 6.67. The molecule has 0 aromatic heterocycles. The van der Waals surface area contributed by atoms with Gasteiger partial charge in [0.05, 0.1) is 11.9 Å². The molecule has 12 nitrogen and oxygen atoms in total. The Balaban J connectivity index is 3.29. The number of rotatable bonds is 7. The molecular formula is C9H6O12P2-4. The highest BCUT2D eigenvalue weighted by Crippen LogP contribution is 2.40. The second-order valence-electron chi connectivity index (χ2n) is 3.89. The molecule has 0 fully saturated rings. The van der Waals surface area contributed by atoms with Crippen LogP contribution in [-0.2, 0) is 13.9 Å². The first-order valence-electron chi connectivity index (χ1n) is 5.30. The van der Waals surface area contributed by atoms with Crippen molar-refractivity contribution in [2.24, 2.45) is 0 Å². The number of hydrogen-bond acceptors (Lipinski definition) is 10. The molecule has 0 aliphatic heterocycles. The lowest BCUT2D eigenvalue weighted by molar-refractivity contribution is -0.312. The fourth-order valence-corrected chi connectivity index (χ4v) is 2.21. The summed E-state index contributed by atoms with van der Waals surface area (Å²) in [4.78, 5) is 60.1. The fourth-order valence-electron chi connectivity index (χ4n) is 1.32. The van der Waals surface area contributed by atoms with Gasteiger partial charge in [-0.05, 0) is 12.1 Å². The quantitative estimate of drug-likeness (QED) is 0.438. The lowest BCUT2D eigenvalue weighted by Gasteiger charge is -2.28. The van der Waals surface area contributed by atoms with Crippen LogP contribution in [0.2, 0.25) is 0 Å². The van der Waals surface area contributed by atoms with Gasteiger partial charge in [0.25, 0.3) is 0 Å². The van der Waals surface area contributed by atoms with Gasteiger partial charge in [-0.1, -0.05) is 0 Å². The van der Waals surface area contributed by atoms with Crippen LogP contribution < -0.4 is 29.3 Å². The van der Waals surface area contributed by atoms with E-state index >= 15 is 0 Å². The number of benzene rings is 1. The van der Waals surface area contributed by atoms with E-state index in [-0.39, 0.29) is 0 Å². The number of ether oxygens (including phenoxy) is 1. The molecule has 0 saturated heterocycles. The summed E-state index contributed by atoms with van der Waals surface area (Å²) < 4.78 is 29.8. The van der Waals surface area contributed by atoms with E-state index in [0.717, 1.165) is 0 Å². The largest absolute Gasteiger partial charge is 0.776 e. The van der Waals surface area contributed by atoms with Crippen LogP contribution in [0.15, 0.2) is 18.2 Å². The third-order valence-corrected chi connectivity index (χ3v) is 3.43. The molecule has 1 aromatic rings. The molecule has 3 unspecified atom stereocenters. The summed E-state index contributed by atoms with van der Waals surface area (Å²) in [6.45, 7) is 0. The van der Waals surface area contributed by atoms with Crippen molar-refractivity contribution in [1.82, 2.24) is 0 Å². The van der Waals surface area contributed by atoms with Gasteiger partial charge in [-0.3, -0.25) is 4.57 Å². The Morgan fingerprint density at radius 2 is 1.57 bits per heavy atom. The minimum absolute atomic E-state index is 0.540. The summed E-state index contributed by atoms with van der Waals surface area (Å²) in [7, 11) is -11.0. The molecule has 0 heterocycles. The Labute approximate surface area is 127 Å². The summed E-state index contributed by atoms with van der Waals surface area (Å²) in [5.74, 6) is -8.85. The molecular weight excluding hydrogens is 362 g/mol. The molecule has 0 aliphatic carbocycles. The van der Waals surface area contributed by atoms with Crippen LogP contribution in [0.3, 0.4) is 0 Å². The highest BCUT2D eigenvalue weighted by Gasteiger charge is 2.24. The van der Waals surface area contributed by atoms with Crippen molar-refractivity contribution < 1.29 is 57.8 Å². The van der Waals surface area contributed by atoms with Crippen molar-refractivity contribution >= 4 is 27.4 Å². The van der Waals surface area contributed by atoms with Gasteiger partial charge in [0.1, 0.15) is 11.5 Å². The summed E-state index contributed by atoms with van der Waals surface area (Å²) in [6, 6.07) is 1.66. The van der Waals surface area contributed by atoms with Crippen LogP contribution >= 0.6 is 15.4 Å². The summed E-state index contributed by atoms with van der Waals surface area (Å²) in [5.41, 5.74) is -0.804. The first-order valence-corrected chi connectivity index (χ1v) is 8.44. The summed E-state index contributed by atoms with van der Waals surface area (Å²) >= 11 is 0. The zero-order valence-electron chi connectivity index (χ0n) is 10.7. The van der Waals surface area contributed by atoms with Gasteiger partial charge in [-0.25, -0.2) is 0 Å². The van der Waals surface area contributed by atoms with E-state index in [1.54, 1.807) is 0 Å². The SMILES string of the molecule is O=C([O-])c1cc(OC(C(=O)[O-])P(=O)([O-])O)cc(OP(=O)([O-])O)c1. The molecule has 1 rings (SSSR count). The van der Waals surface area contributed by atoms with Crippen molar-refractivity contribution in [3.63, 3.8) is 0 Å². The Morgan fingerprint density at radius 3 is 1.96 bits per heavy atom. The minimum atomic E-state index is -5.60. The standard InChI is InChI=1S/C9H10O12P2/c10-7(11)4-1-5(3-6(2-4)21-23(17,18)19)20-9(8(12)13)22(14,15)16/h1-3,9H,(H,10,11)(H,12,13)(H2,14,15,16)(H2,17,18,19)/p-4. The molecule has 0 saturated carbocycles. The molecule has 0 spiro atoms. The minimum Gasteiger partial charge on any atom is -0.776 e. The first kappa shape index (κ1) is 19.1. The molecule has 3 atom stereocenters. The van der Waals surface area contributed by atoms with Crippen molar-refractivity contribution in [2.75, 3.05) is 0 Å². The van der Waals surface area contributed by atoms with E-state index < -0.39 is 50.3 Å². The van der Waals surface area contributed by atoms with Crippen LogP contribution in [0.5, 0.6) is 11.5 Å². The van der Waals surface area contributed by atoms with Gasteiger partial charge < -0.3 is 53.2 Å². The fraction of sp³-hybridized carbons (Fsp3) is 0.111. The third kappa shape index (κ3) is 5.99. The van der Waals surface area contributed by atoms with Gasteiger partial charge in [0, 0.05) is 11.6 Å². The highest BCUT2D eigenvalue weighted by atomic mass is 31.2. The zero-order valence-corrected chi connectivity index (χ0v) is 12.5. The maximum Gasteiger partial charge on any atom is 0.317 e. The number of phosphoric ester groups is 1. The molecule has 0 bridgehead atoms. The van der Waals surface area contributed by atoms with E-state index in [9.17, 15) is 38.7 Å². The van der Waals surface area contributed by atoms with E-state index in [1.807, 2.05) is 0 Å². The number of aliphatic carboxylic acids is 1. The average Bonchev–Trinajstić information content (AvgIpc) is 2.31. The Hall–Kier alpha value is -1.94. The number of carboxylic acid groups (broad SMARTS) is 2.